The molecule has 0 aliphatic rings. The molecular weight excluding hydrogens is 384 g/mol. The van der Waals surface area contributed by atoms with Crippen LogP contribution < -0.4 is 4.31 Å². The van der Waals surface area contributed by atoms with Crippen molar-refractivity contribution in [1.29, 1.82) is 0 Å². The van der Waals surface area contributed by atoms with E-state index >= 15 is 0 Å². The number of rotatable bonds is 6. The topological polar surface area (TPSA) is 67.6 Å². The number of pyridine rings is 1. The highest BCUT2D eigenvalue weighted by molar-refractivity contribution is 7.93. The molecule has 0 amide bonds. The van der Waals surface area contributed by atoms with Crippen LogP contribution in [0, 0.1) is 6.92 Å². The van der Waals surface area contributed by atoms with Crippen LogP contribution in [0.2, 0.25) is 0 Å². The first-order valence-electron chi connectivity index (χ1n) is 9.44. The summed E-state index contributed by atoms with van der Waals surface area (Å²) < 4.78 is 30.5. The van der Waals surface area contributed by atoms with E-state index in [0.717, 1.165) is 23.1 Å². The highest BCUT2D eigenvalue weighted by Crippen LogP contribution is 2.28. The molecule has 2 heterocycles. The second-order valence-corrected chi connectivity index (χ2v) is 8.78. The summed E-state index contributed by atoms with van der Waals surface area (Å²) in [4.78, 5) is 0.129. The number of hydrogen-bond donors (Lipinski definition) is 0. The normalized spacial score (nSPS) is 11.7. The maximum Gasteiger partial charge on any atom is 0.268 e. The minimum absolute atomic E-state index is 0.129. The fraction of sp³-hybridized carbons (Fsp3) is 0.182. The average molecular weight is 407 g/mol. The Labute approximate surface area is 170 Å². The third-order valence-corrected chi connectivity index (χ3v) is 6.73. The van der Waals surface area contributed by atoms with E-state index in [4.69, 9.17) is 0 Å². The highest BCUT2D eigenvalue weighted by Gasteiger charge is 2.28. The number of aryl methyl sites for hydroxylation is 2. The molecule has 6 nitrogen and oxygen atoms in total. The predicted octanol–water partition coefficient (Wildman–Crippen LogP) is 4.00. The van der Waals surface area contributed by atoms with Crippen molar-refractivity contribution in [3.63, 3.8) is 0 Å². The zero-order chi connectivity index (χ0) is 20.4. The Morgan fingerprint density at radius 3 is 2.34 bits per heavy atom. The van der Waals surface area contributed by atoms with Gasteiger partial charge in [-0.05, 0) is 48.7 Å². The second-order valence-electron chi connectivity index (χ2n) is 6.95. The predicted molar refractivity (Wildman–Crippen MR) is 113 cm³/mol. The number of sulfonamides is 1. The summed E-state index contributed by atoms with van der Waals surface area (Å²) in [6, 6.07) is 18.8. The van der Waals surface area contributed by atoms with Crippen molar-refractivity contribution >= 4 is 21.4 Å². The van der Waals surface area contributed by atoms with Crippen LogP contribution in [0.25, 0.3) is 5.65 Å². The first kappa shape index (κ1) is 19.1. The van der Waals surface area contributed by atoms with Gasteiger partial charge in [-0.2, -0.15) is 0 Å². The van der Waals surface area contributed by atoms with Gasteiger partial charge in [-0.3, -0.25) is 8.71 Å². The highest BCUT2D eigenvalue weighted by atomic mass is 32.2. The zero-order valence-corrected chi connectivity index (χ0v) is 17.2. The minimum atomic E-state index is -3.87. The molecule has 2 aromatic carbocycles. The van der Waals surface area contributed by atoms with Crippen molar-refractivity contribution in [2.24, 2.45) is 0 Å². The van der Waals surface area contributed by atoms with E-state index < -0.39 is 10.0 Å². The van der Waals surface area contributed by atoms with Crippen molar-refractivity contribution in [2.45, 2.75) is 31.7 Å². The third kappa shape index (κ3) is 3.73. The van der Waals surface area contributed by atoms with Gasteiger partial charge in [0, 0.05) is 6.20 Å². The Balaban J connectivity index is 1.83. The van der Waals surface area contributed by atoms with Crippen LogP contribution in [-0.4, -0.2) is 23.0 Å². The smallest absolute Gasteiger partial charge is 0.268 e. The Hall–Kier alpha value is -3.19. The molecule has 4 rings (SSSR count). The van der Waals surface area contributed by atoms with E-state index in [2.05, 4.69) is 17.1 Å². The van der Waals surface area contributed by atoms with Gasteiger partial charge in [0.25, 0.3) is 10.0 Å². The Morgan fingerprint density at radius 1 is 0.966 bits per heavy atom. The second kappa shape index (κ2) is 7.67. The summed E-state index contributed by atoms with van der Waals surface area (Å²) in [6.07, 6.45) is 4.12. The van der Waals surface area contributed by atoms with E-state index in [9.17, 15) is 8.42 Å². The molecule has 0 fully saturated rings. The number of aromatic nitrogens is 3. The molecule has 0 N–H and O–H groups in total. The molecule has 0 radical (unpaired) electrons. The average Bonchev–Trinajstić information content (AvgIpc) is 3.22. The van der Waals surface area contributed by atoms with Crippen molar-refractivity contribution in [2.75, 3.05) is 4.31 Å². The molecule has 0 aliphatic heterocycles. The molecule has 29 heavy (non-hydrogen) atoms. The van der Waals surface area contributed by atoms with Crippen LogP contribution in [0.4, 0.5) is 5.69 Å². The SMILES string of the molecule is CCc1ccc(N(Cc2ccc(C)cc2)S(=O)(=O)c2cccn3cnnc23)cc1. The van der Waals surface area contributed by atoms with Gasteiger partial charge >= 0.3 is 0 Å². The summed E-state index contributed by atoms with van der Waals surface area (Å²) >= 11 is 0. The molecule has 0 atom stereocenters. The van der Waals surface area contributed by atoms with E-state index in [1.807, 2.05) is 55.5 Å². The number of hydrogen-bond acceptors (Lipinski definition) is 4. The molecule has 0 unspecified atom stereocenters. The lowest BCUT2D eigenvalue weighted by Crippen LogP contribution is -2.31. The quantitative estimate of drug-likeness (QED) is 0.485. The number of fused-ring (bicyclic) bond motifs is 1. The van der Waals surface area contributed by atoms with Crippen LogP contribution in [0.3, 0.4) is 0 Å². The van der Waals surface area contributed by atoms with Crippen molar-refractivity contribution in [3.05, 3.63) is 89.9 Å². The monoisotopic (exact) mass is 406 g/mol. The molecule has 148 valence electrons. The van der Waals surface area contributed by atoms with Gasteiger partial charge in [0.15, 0.2) is 5.65 Å². The van der Waals surface area contributed by atoms with Gasteiger partial charge in [-0.25, -0.2) is 8.42 Å². The number of anilines is 1. The van der Waals surface area contributed by atoms with Crippen LogP contribution in [0.5, 0.6) is 0 Å². The fourth-order valence-electron chi connectivity index (χ4n) is 3.22. The molecule has 0 aliphatic carbocycles. The summed E-state index contributed by atoms with van der Waals surface area (Å²) in [5.41, 5.74) is 4.12. The lowest BCUT2D eigenvalue weighted by Gasteiger charge is -2.25. The van der Waals surface area contributed by atoms with E-state index in [-0.39, 0.29) is 11.4 Å². The number of benzene rings is 2. The summed E-state index contributed by atoms with van der Waals surface area (Å²) in [5, 5.41) is 7.87. The van der Waals surface area contributed by atoms with Crippen LogP contribution in [0.1, 0.15) is 23.6 Å². The van der Waals surface area contributed by atoms with Crippen LogP contribution in [-0.2, 0) is 23.0 Å². The Morgan fingerprint density at radius 2 is 1.66 bits per heavy atom. The summed E-state index contributed by atoms with van der Waals surface area (Å²) in [6.45, 7) is 4.30. The standard InChI is InChI=1S/C22H22N4O2S/c1-3-18-10-12-20(13-11-18)26(15-19-8-6-17(2)7-9-19)29(27,28)21-5-4-14-25-16-23-24-22(21)25/h4-14,16H,3,15H2,1-2H3. The molecule has 7 heteroatoms. The third-order valence-electron chi connectivity index (χ3n) is 4.94. The van der Waals surface area contributed by atoms with E-state index in [0.29, 0.717) is 11.3 Å². The van der Waals surface area contributed by atoms with Gasteiger partial charge in [-0.1, -0.05) is 48.9 Å². The summed E-state index contributed by atoms with van der Waals surface area (Å²) in [5.74, 6) is 0. The molecule has 4 aromatic rings. The minimum Gasteiger partial charge on any atom is -0.288 e. The van der Waals surface area contributed by atoms with Crippen molar-refractivity contribution in [1.82, 2.24) is 14.6 Å². The lowest BCUT2D eigenvalue weighted by atomic mass is 10.1. The molecule has 0 bridgehead atoms. The first-order valence-corrected chi connectivity index (χ1v) is 10.9. The number of nitrogens with zero attached hydrogens (tertiary/aromatic N) is 4. The van der Waals surface area contributed by atoms with Gasteiger partial charge < -0.3 is 0 Å². The molecule has 2 aromatic heterocycles. The molecule has 0 saturated carbocycles. The van der Waals surface area contributed by atoms with Crippen LogP contribution in [0.15, 0.2) is 78.1 Å². The summed E-state index contributed by atoms with van der Waals surface area (Å²) in [7, 11) is -3.87. The van der Waals surface area contributed by atoms with Gasteiger partial charge in [0.05, 0.1) is 12.2 Å². The Bertz CT molecular complexity index is 1230. The van der Waals surface area contributed by atoms with Gasteiger partial charge in [-0.15, -0.1) is 10.2 Å². The maximum absolute atomic E-state index is 13.7. The molecular formula is C22H22N4O2S. The van der Waals surface area contributed by atoms with Gasteiger partial charge in [0.1, 0.15) is 11.2 Å². The largest absolute Gasteiger partial charge is 0.288 e. The van der Waals surface area contributed by atoms with E-state index in [1.54, 1.807) is 22.7 Å². The maximum atomic E-state index is 13.7. The van der Waals surface area contributed by atoms with Crippen molar-refractivity contribution < 1.29 is 8.42 Å². The first-order chi connectivity index (χ1) is 14.0. The Kier molecular flexibility index (Phi) is 5.07. The van der Waals surface area contributed by atoms with Crippen molar-refractivity contribution in [3.8, 4) is 0 Å². The molecule has 0 spiro atoms. The lowest BCUT2D eigenvalue weighted by molar-refractivity contribution is 0.590. The zero-order valence-electron chi connectivity index (χ0n) is 16.4. The van der Waals surface area contributed by atoms with Gasteiger partial charge in [0.2, 0.25) is 0 Å². The fourth-order valence-corrected chi connectivity index (χ4v) is 4.80. The van der Waals surface area contributed by atoms with Crippen LogP contribution >= 0.6 is 0 Å². The van der Waals surface area contributed by atoms with E-state index in [1.165, 1.54) is 10.6 Å². The molecule has 0 saturated heterocycles.